The lowest BCUT2D eigenvalue weighted by Crippen LogP contribution is -2.48. The molecule has 0 spiro atoms. The summed E-state index contributed by atoms with van der Waals surface area (Å²) in [5.74, 6) is 0.985. The summed E-state index contributed by atoms with van der Waals surface area (Å²) in [4.78, 5) is 21.3. The first kappa shape index (κ1) is 17.4. The molecule has 1 fully saturated rings. The molecule has 5 nitrogen and oxygen atoms in total. The molecular weight excluding hydrogens is 312 g/mol. The number of carbonyl (C=O) groups is 1. The van der Waals surface area contributed by atoms with E-state index in [-0.39, 0.29) is 11.9 Å². The van der Waals surface area contributed by atoms with Crippen molar-refractivity contribution in [3.8, 4) is 0 Å². The molecule has 3 rings (SSSR count). The van der Waals surface area contributed by atoms with Gasteiger partial charge in [-0.2, -0.15) is 0 Å². The molecule has 132 valence electrons. The van der Waals surface area contributed by atoms with Gasteiger partial charge in [-0.1, -0.05) is 18.2 Å². The van der Waals surface area contributed by atoms with Crippen molar-refractivity contribution in [2.24, 2.45) is 0 Å². The summed E-state index contributed by atoms with van der Waals surface area (Å²) in [5.41, 5.74) is 1.93. The van der Waals surface area contributed by atoms with Crippen molar-refractivity contribution in [3.63, 3.8) is 0 Å². The summed E-state index contributed by atoms with van der Waals surface area (Å²) < 4.78 is 0. The Labute approximate surface area is 149 Å². The highest BCUT2D eigenvalue weighted by molar-refractivity contribution is 5.94. The zero-order valence-corrected chi connectivity index (χ0v) is 15.0. The molecule has 0 radical (unpaired) electrons. The standard InChI is InChI=1S/C20H26N4O/c1-23(2)14-16-8-10-17(11-9-16)20(25)22-18-6-5-13-24(15-18)19-7-3-4-12-21-19/h3-4,7-12,18H,5-6,13-15H2,1-2H3,(H,22,25)/t18-/m0/s1. The first-order valence-corrected chi connectivity index (χ1v) is 8.82. The van der Waals surface area contributed by atoms with Gasteiger partial charge in [0.2, 0.25) is 0 Å². The molecule has 0 bridgehead atoms. The number of rotatable bonds is 5. The predicted molar refractivity (Wildman–Crippen MR) is 101 cm³/mol. The van der Waals surface area contributed by atoms with Crippen molar-refractivity contribution in [1.29, 1.82) is 0 Å². The number of hydrogen-bond acceptors (Lipinski definition) is 4. The highest BCUT2D eigenvalue weighted by Crippen LogP contribution is 2.17. The van der Waals surface area contributed by atoms with Crippen LogP contribution in [0, 0.1) is 0 Å². The maximum atomic E-state index is 12.5. The molecule has 0 saturated carbocycles. The van der Waals surface area contributed by atoms with Gasteiger partial charge >= 0.3 is 0 Å². The van der Waals surface area contributed by atoms with E-state index in [0.717, 1.165) is 43.9 Å². The maximum absolute atomic E-state index is 12.5. The lowest BCUT2D eigenvalue weighted by molar-refractivity contribution is 0.0933. The van der Waals surface area contributed by atoms with Crippen LogP contribution in [-0.2, 0) is 6.54 Å². The van der Waals surface area contributed by atoms with Crippen LogP contribution >= 0.6 is 0 Å². The third kappa shape index (κ3) is 4.79. The maximum Gasteiger partial charge on any atom is 0.251 e. The number of anilines is 1. The number of amides is 1. The van der Waals surface area contributed by atoms with E-state index in [0.29, 0.717) is 0 Å². The number of piperidine rings is 1. The molecule has 1 saturated heterocycles. The second-order valence-electron chi connectivity index (χ2n) is 6.88. The fraction of sp³-hybridized carbons (Fsp3) is 0.400. The SMILES string of the molecule is CN(C)Cc1ccc(C(=O)N[C@H]2CCCN(c3ccccn3)C2)cc1. The Balaban J connectivity index is 1.58. The Morgan fingerprint density at radius 3 is 2.72 bits per heavy atom. The van der Waals surface area contributed by atoms with Crippen LogP contribution in [0.5, 0.6) is 0 Å². The molecule has 0 aliphatic carbocycles. The summed E-state index contributed by atoms with van der Waals surface area (Å²) in [6.07, 6.45) is 3.88. The van der Waals surface area contributed by atoms with Gasteiger partial charge in [0.05, 0.1) is 0 Å². The van der Waals surface area contributed by atoms with Gasteiger partial charge in [0, 0.05) is 37.4 Å². The zero-order valence-electron chi connectivity index (χ0n) is 15.0. The topological polar surface area (TPSA) is 48.5 Å². The Morgan fingerprint density at radius 2 is 2.04 bits per heavy atom. The smallest absolute Gasteiger partial charge is 0.251 e. The largest absolute Gasteiger partial charge is 0.355 e. The van der Waals surface area contributed by atoms with Crippen molar-refractivity contribution in [1.82, 2.24) is 15.2 Å². The van der Waals surface area contributed by atoms with E-state index in [9.17, 15) is 4.79 Å². The number of nitrogens with zero attached hydrogens (tertiary/aromatic N) is 3. The summed E-state index contributed by atoms with van der Waals surface area (Å²) in [6, 6.07) is 14.0. The van der Waals surface area contributed by atoms with Crippen LogP contribution in [0.25, 0.3) is 0 Å². The monoisotopic (exact) mass is 338 g/mol. The molecule has 1 aliphatic heterocycles. The second kappa shape index (κ2) is 8.12. The van der Waals surface area contributed by atoms with E-state index in [1.165, 1.54) is 5.56 Å². The van der Waals surface area contributed by atoms with Gasteiger partial charge in [-0.15, -0.1) is 0 Å². The number of benzene rings is 1. The molecule has 2 heterocycles. The average molecular weight is 338 g/mol. The van der Waals surface area contributed by atoms with Gasteiger partial charge in [0.15, 0.2) is 0 Å². The molecule has 1 aliphatic rings. The van der Waals surface area contributed by atoms with Crippen molar-refractivity contribution < 1.29 is 4.79 Å². The van der Waals surface area contributed by atoms with Crippen LogP contribution in [-0.4, -0.2) is 49.0 Å². The highest BCUT2D eigenvalue weighted by atomic mass is 16.1. The molecule has 1 amide bonds. The summed E-state index contributed by atoms with van der Waals surface area (Å²) in [5, 5.41) is 3.18. The number of nitrogens with one attached hydrogen (secondary N) is 1. The summed E-state index contributed by atoms with van der Waals surface area (Å²) in [7, 11) is 4.08. The number of pyridine rings is 1. The third-order valence-electron chi connectivity index (χ3n) is 4.44. The first-order chi connectivity index (χ1) is 12.1. The van der Waals surface area contributed by atoms with E-state index in [1.54, 1.807) is 0 Å². The minimum Gasteiger partial charge on any atom is -0.355 e. The summed E-state index contributed by atoms with van der Waals surface area (Å²) >= 11 is 0. The lowest BCUT2D eigenvalue weighted by Gasteiger charge is -2.34. The van der Waals surface area contributed by atoms with Crippen molar-refractivity contribution in [2.75, 3.05) is 32.1 Å². The fourth-order valence-corrected chi connectivity index (χ4v) is 3.24. The van der Waals surface area contributed by atoms with Crippen LogP contribution in [0.2, 0.25) is 0 Å². The second-order valence-corrected chi connectivity index (χ2v) is 6.88. The Kier molecular flexibility index (Phi) is 5.66. The summed E-state index contributed by atoms with van der Waals surface area (Å²) in [6.45, 7) is 2.67. The number of aromatic nitrogens is 1. The van der Waals surface area contributed by atoms with Gasteiger partial charge in [0.1, 0.15) is 5.82 Å². The van der Waals surface area contributed by atoms with Crippen LogP contribution < -0.4 is 10.2 Å². The van der Waals surface area contributed by atoms with Gasteiger partial charge in [-0.25, -0.2) is 4.98 Å². The highest BCUT2D eigenvalue weighted by Gasteiger charge is 2.22. The molecule has 5 heteroatoms. The van der Waals surface area contributed by atoms with Crippen LogP contribution in [0.1, 0.15) is 28.8 Å². The van der Waals surface area contributed by atoms with E-state index >= 15 is 0 Å². The minimum absolute atomic E-state index is 0.00396. The van der Waals surface area contributed by atoms with Crippen LogP contribution in [0.4, 0.5) is 5.82 Å². The first-order valence-electron chi connectivity index (χ1n) is 8.82. The van der Waals surface area contributed by atoms with E-state index in [4.69, 9.17) is 0 Å². The minimum atomic E-state index is 0.00396. The van der Waals surface area contributed by atoms with Crippen molar-refractivity contribution in [2.45, 2.75) is 25.4 Å². The normalized spacial score (nSPS) is 17.6. The van der Waals surface area contributed by atoms with Gasteiger partial charge in [0.25, 0.3) is 5.91 Å². The van der Waals surface area contributed by atoms with Gasteiger partial charge in [-0.05, 0) is 56.8 Å². The Bertz CT molecular complexity index is 685. The van der Waals surface area contributed by atoms with Crippen LogP contribution in [0.15, 0.2) is 48.7 Å². The van der Waals surface area contributed by atoms with E-state index in [1.807, 2.05) is 62.8 Å². The predicted octanol–water partition coefficient (Wildman–Crippen LogP) is 2.54. The molecule has 0 unspecified atom stereocenters. The van der Waals surface area contributed by atoms with E-state index in [2.05, 4.69) is 20.1 Å². The lowest BCUT2D eigenvalue weighted by atomic mass is 10.0. The Morgan fingerprint density at radius 1 is 1.24 bits per heavy atom. The molecule has 25 heavy (non-hydrogen) atoms. The molecule has 2 aromatic rings. The quantitative estimate of drug-likeness (QED) is 0.910. The van der Waals surface area contributed by atoms with Crippen LogP contribution in [0.3, 0.4) is 0 Å². The molecule has 1 aromatic carbocycles. The fourth-order valence-electron chi connectivity index (χ4n) is 3.24. The van der Waals surface area contributed by atoms with Gasteiger partial charge < -0.3 is 15.1 Å². The third-order valence-corrected chi connectivity index (χ3v) is 4.44. The van der Waals surface area contributed by atoms with Gasteiger partial charge in [-0.3, -0.25) is 4.79 Å². The average Bonchev–Trinajstić information content (AvgIpc) is 2.63. The Hall–Kier alpha value is -2.40. The molecule has 1 N–H and O–H groups in total. The zero-order chi connectivity index (χ0) is 17.6. The number of carbonyl (C=O) groups excluding carboxylic acids is 1. The molecule has 1 aromatic heterocycles. The van der Waals surface area contributed by atoms with E-state index < -0.39 is 0 Å². The number of hydrogen-bond donors (Lipinski definition) is 1. The van der Waals surface area contributed by atoms with Crippen molar-refractivity contribution >= 4 is 11.7 Å². The molecular formula is C20H26N4O. The molecule has 1 atom stereocenters. The van der Waals surface area contributed by atoms with Crippen molar-refractivity contribution in [3.05, 3.63) is 59.8 Å².